The lowest BCUT2D eigenvalue weighted by Gasteiger charge is -2.14. The van der Waals surface area contributed by atoms with Gasteiger partial charge in [0.2, 0.25) is 11.2 Å². The Morgan fingerprint density at radius 2 is 0.734 bits per heavy atom. The zero-order valence-corrected chi connectivity index (χ0v) is 54.2. The highest BCUT2D eigenvalue weighted by molar-refractivity contribution is 5.96. The molecule has 0 radical (unpaired) electrons. The number of allylic oxidation sites excluding steroid dienone is 8. The number of fused-ring (bicyclic) bond motifs is 1. The summed E-state index contributed by atoms with van der Waals surface area (Å²) in [6, 6.07) is 17.7. The van der Waals surface area contributed by atoms with Crippen LogP contribution in [0.25, 0.3) is 46.6 Å². The summed E-state index contributed by atoms with van der Waals surface area (Å²) in [7, 11) is 5.60. The minimum absolute atomic E-state index is 0.107. The molecule has 0 saturated carbocycles. The van der Waals surface area contributed by atoms with Crippen molar-refractivity contribution >= 4 is 59.2 Å². The van der Waals surface area contributed by atoms with Gasteiger partial charge in [-0.3, -0.25) is 4.79 Å². The zero-order chi connectivity index (χ0) is 68.5. The van der Waals surface area contributed by atoms with Crippen LogP contribution in [0.5, 0.6) is 74.7 Å². The lowest BCUT2D eigenvalue weighted by atomic mass is 10.0. The maximum absolute atomic E-state index is 14.9. The van der Waals surface area contributed by atoms with E-state index in [-0.39, 0.29) is 68.6 Å². The monoisotopic (exact) mass is 1280 g/mol. The average Bonchev–Trinajstić information content (AvgIpc) is 0.759. The Hall–Kier alpha value is -11.5. The molecule has 7 aromatic rings. The maximum atomic E-state index is 14.9. The molecular formula is C75H74O19. The van der Waals surface area contributed by atoms with Gasteiger partial charge in [0, 0.05) is 64.3 Å². The predicted molar refractivity (Wildman–Crippen MR) is 359 cm³/mol. The lowest BCUT2D eigenvalue weighted by Crippen LogP contribution is -2.15. The number of methoxy groups -OCH3 is 4. The number of esters is 4. The number of phenolic OH excluding ortho intramolecular Hbond substituents is 5. The zero-order valence-electron chi connectivity index (χ0n) is 54.2. The highest BCUT2D eigenvalue weighted by atomic mass is 16.6. The fourth-order valence-corrected chi connectivity index (χ4v) is 9.74. The first-order valence-electron chi connectivity index (χ1n) is 29.5. The fraction of sp³-hybridized carbons (Fsp3) is 0.213. The van der Waals surface area contributed by atoms with E-state index >= 15 is 0 Å². The van der Waals surface area contributed by atoms with E-state index in [1.54, 1.807) is 24.3 Å². The first-order valence-corrected chi connectivity index (χ1v) is 29.5. The molecule has 488 valence electrons. The van der Waals surface area contributed by atoms with E-state index in [0.29, 0.717) is 70.2 Å². The Balaban J connectivity index is 1.38. The molecule has 94 heavy (non-hydrogen) atoms. The number of aromatic hydroxyl groups is 5. The van der Waals surface area contributed by atoms with Crippen molar-refractivity contribution in [2.75, 3.05) is 28.4 Å². The SMILES string of the molecule is COc1c(O)ccc(/C=C/C(=O)Oc2cc(O)c3c(=O)c(OC(=O)/C=C/c4ccc(O)c(OC)c4CC=C(C)C)c(-c4ccc(OC(=O)/C=C/c5ccc(O)c(OC)c5CC=C(C)C)c(OC(=O)/C=C/c5ccc(O)c(OC)c5CC=C(C)C)c4)oc3c2)c1CC=C(C)C. The number of rotatable bonds is 25. The molecule has 0 atom stereocenters. The molecule has 1 aromatic heterocycles. The maximum Gasteiger partial charge on any atom is 0.336 e. The van der Waals surface area contributed by atoms with E-state index in [0.717, 1.165) is 58.7 Å². The van der Waals surface area contributed by atoms with Gasteiger partial charge in [-0.1, -0.05) is 70.9 Å². The Morgan fingerprint density at radius 3 is 1.09 bits per heavy atom. The van der Waals surface area contributed by atoms with Gasteiger partial charge in [-0.05, 0) is 170 Å². The van der Waals surface area contributed by atoms with Gasteiger partial charge in [0.05, 0.1) is 28.4 Å². The molecule has 0 aliphatic heterocycles. The highest BCUT2D eigenvalue weighted by Gasteiger charge is 2.26. The minimum atomic E-state index is -1.13. The first kappa shape index (κ1) is 70.0. The molecule has 6 aromatic carbocycles. The van der Waals surface area contributed by atoms with Crippen LogP contribution < -0.4 is 43.3 Å². The Labute approximate surface area is 544 Å². The van der Waals surface area contributed by atoms with Crippen molar-refractivity contribution in [3.8, 4) is 86.1 Å². The van der Waals surface area contributed by atoms with Gasteiger partial charge in [-0.25, -0.2) is 19.2 Å². The molecule has 0 fully saturated rings. The molecule has 19 heteroatoms. The number of phenols is 5. The number of ether oxygens (including phenoxy) is 8. The molecule has 0 bridgehead atoms. The normalized spacial score (nSPS) is 11.2. The van der Waals surface area contributed by atoms with E-state index in [2.05, 4.69) is 0 Å². The molecule has 0 unspecified atom stereocenters. The van der Waals surface area contributed by atoms with Crippen LogP contribution in [0.2, 0.25) is 0 Å². The standard InChI is InChI=1S/C75H74O19/c1-42(2)13-26-52-46(17-30-56(76)71(52)86-9)22-35-64(81)90-51-40-60(80)68-63(41-51)93-70(75(69(68)85)94-67(84)38-25-49-20-33-59(79)74(89-12)55(49)29-16-45(7)8)50-21-34-61(91-65(82)36-23-47-18-31-57(77)72(87-10)53(47)27-14-43(3)4)62(39-50)92-66(83)37-24-48-19-32-58(78)73(88-11)54(48)28-15-44(5)6/h13-25,30-41,76-80H,26-29H2,1-12H3/b35-22+,36-23+,37-24+,38-25+. The minimum Gasteiger partial charge on any atom is -0.507 e. The molecule has 0 saturated heterocycles. The summed E-state index contributed by atoms with van der Waals surface area (Å²) in [5.41, 5.74) is 6.44. The molecule has 0 aliphatic rings. The van der Waals surface area contributed by atoms with Crippen molar-refractivity contribution < 1.29 is 87.0 Å². The van der Waals surface area contributed by atoms with Gasteiger partial charge in [0.15, 0.2) is 63.3 Å². The fourth-order valence-electron chi connectivity index (χ4n) is 9.74. The number of benzene rings is 6. The molecule has 0 amide bonds. The van der Waals surface area contributed by atoms with E-state index in [1.807, 2.05) is 79.7 Å². The van der Waals surface area contributed by atoms with Crippen molar-refractivity contribution in [2.45, 2.75) is 81.1 Å². The summed E-state index contributed by atoms with van der Waals surface area (Å²) in [6.07, 6.45) is 19.0. The molecule has 0 aliphatic carbocycles. The van der Waals surface area contributed by atoms with Gasteiger partial charge < -0.3 is 67.8 Å². The second kappa shape index (κ2) is 32.0. The third-order valence-electron chi connectivity index (χ3n) is 14.3. The van der Waals surface area contributed by atoms with Crippen molar-refractivity contribution in [1.82, 2.24) is 0 Å². The van der Waals surface area contributed by atoms with Crippen LogP contribution in [0.4, 0.5) is 0 Å². The van der Waals surface area contributed by atoms with Crippen LogP contribution in [-0.4, -0.2) is 77.8 Å². The quantitative estimate of drug-likeness (QED) is 0.0154. The smallest absolute Gasteiger partial charge is 0.336 e. The van der Waals surface area contributed by atoms with Crippen LogP contribution in [0.15, 0.2) is 159 Å². The number of carbonyl (C=O) groups is 4. The second-order valence-electron chi connectivity index (χ2n) is 22.3. The summed E-state index contributed by atoms with van der Waals surface area (Å²) in [6.45, 7) is 15.2. The summed E-state index contributed by atoms with van der Waals surface area (Å²) < 4.78 is 51.8. The van der Waals surface area contributed by atoms with Crippen LogP contribution in [0, 0.1) is 0 Å². The summed E-state index contributed by atoms with van der Waals surface area (Å²) in [5.74, 6) is -6.92. The summed E-state index contributed by atoms with van der Waals surface area (Å²) in [5, 5.41) is 53.6. The summed E-state index contributed by atoms with van der Waals surface area (Å²) in [4.78, 5) is 70.7. The van der Waals surface area contributed by atoms with Crippen LogP contribution in [-0.2, 0) is 44.9 Å². The molecule has 0 spiro atoms. The van der Waals surface area contributed by atoms with E-state index < -0.39 is 57.7 Å². The van der Waals surface area contributed by atoms with Crippen LogP contribution in [0.3, 0.4) is 0 Å². The van der Waals surface area contributed by atoms with Gasteiger partial charge >= 0.3 is 23.9 Å². The third-order valence-corrected chi connectivity index (χ3v) is 14.3. The van der Waals surface area contributed by atoms with Crippen LogP contribution in [0.1, 0.15) is 99.9 Å². The molecule has 7 rings (SSSR count). The highest BCUT2D eigenvalue weighted by Crippen LogP contribution is 2.42. The van der Waals surface area contributed by atoms with E-state index in [9.17, 15) is 49.5 Å². The molecular weight excluding hydrogens is 1200 g/mol. The number of hydrogen-bond acceptors (Lipinski definition) is 19. The lowest BCUT2D eigenvalue weighted by molar-refractivity contribution is -0.131. The summed E-state index contributed by atoms with van der Waals surface area (Å²) >= 11 is 0. The van der Waals surface area contributed by atoms with E-state index in [4.69, 9.17) is 42.3 Å². The van der Waals surface area contributed by atoms with Gasteiger partial charge in [-0.15, -0.1) is 0 Å². The Morgan fingerprint density at radius 1 is 0.394 bits per heavy atom. The van der Waals surface area contributed by atoms with Crippen molar-refractivity contribution in [2.24, 2.45) is 0 Å². The van der Waals surface area contributed by atoms with Gasteiger partial charge in [0.1, 0.15) is 22.5 Å². The second-order valence-corrected chi connectivity index (χ2v) is 22.3. The van der Waals surface area contributed by atoms with Crippen LogP contribution >= 0.6 is 0 Å². The van der Waals surface area contributed by atoms with Gasteiger partial charge in [0.25, 0.3) is 0 Å². The van der Waals surface area contributed by atoms with Crippen molar-refractivity contribution in [3.63, 3.8) is 0 Å². The topological polar surface area (TPSA) is 273 Å². The largest absolute Gasteiger partial charge is 0.507 e. The molecule has 19 nitrogen and oxygen atoms in total. The van der Waals surface area contributed by atoms with Crippen molar-refractivity contribution in [1.29, 1.82) is 0 Å². The third kappa shape index (κ3) is 17.7. The number of carbonyl (C=O) groups excluding carboxylic acids is 4. The average molecular weight is 1280 g/mol. The molecule has 1 heterocycles. The first-order chi connectivity index (χ1) is 44.8. The van der Waals surface area contributed by atoms with E-state index in [1.165, 1.54) is 95.2 Å². The predicted octanol–water partition coefficient (Wildman–Crippen LogP) is 14.5. The molecule has 5 N–H and O–H groups in total. The number of hydrogen-bond donors (Lipinski definition) is 5. The Kier molecular flexibility index (Phi) is 23.8. The van der Waals surface area contributed by atoms with Gasteiger partial charge in [-0.2, -0.15) is 0 Å². The van der Waals surface area contributed by atoms with Crippen molar-refractivity contribution in [3.05, 3.63) is 204 Å². The Bertz CT molecular complexity index is 4370.